The molecule has 120 valence electrons. The van der Waals surface area contributed by atoms with Crippen LogP contribution in [0.15, 0.2) is 18.2 Å². The van der Waals surface area contributed by atoms with Crippen LogP contribution in [0.5, 0.6) is 0 Å². The Labute approximate surface area is 136 Å². The Bertz CT molecular complexity index is 800. The topological polar surface area (TPSA) is 76.9 Å². The van der Waals surface area contributed by atoms with Crippen LogP contribution in [0.3, 0.4) is 0 Å². The number of aliphatic carboxylic acids is 1. The Morgan fingerprint density at radius 1 is 1.52 bits per heavy atom. The van der Waals surface area contributed by atoms with Crippen LogP contribution in [-0.4, -0.2) is 16.1 Å². The molecule has 1 aromatic carbocycles. The van der Waals surface area contributed by atoms with Gasteiger partial charge in [-0.15, -0.1) is 0 Å². The third kappa shape index (κ3) is 2.41. The second-order valence-corrected chi connectivity index (χ2v) is 6.71. The van der Waals surface area contributed by atoms with Crippen molar-refractivity contribution in [2.24, 2.45) is 0 Å². The van der Waals surface area contributed by atoms with Gasteiger partial charge in [-0.05, 0) is 43.2 Å². The first-order chi connectivity index (χ1) is 11.0. The van der Waals surface area contributed by atoms with Crippen molar-refractivity contribution < 1.29 is 9.90 Å². The fraction of sp³-hybridized carbons (Fsp3) is 0.474. The second kappa shape index (κ2) is 5.73. The Hall–Kier alpha value is -2.28. The lowest BCUT2D eigenvalue weighted by Crippen LogP contribution is -2.34. The molecule has 0 spiro atoms. The molecule has 2 N–H and O–H groups in total. The van der Waals surface area contributed by atoms with Crippen molar-refractivity contribution in [1.82, 2.24) is 4.98 Å². The number of fused-ring (bicyclic) bond motifs is 3. The SMILES string of the molecule is CCC1(CC(=O)O)CCC(CC#N)c2c1[nH]c1c(C)cccc21. The summed E-state index contributed by atoms with van der Waals surface area (Å²) in [6.45, 7) is 4.13. The van der Waals surface area contributed by atoms with Crippen LogP contribution in [0, 0.1) is 18.3 Å². The maximum absolute atomic E-state index is 11.5. The summed E-state index contributed by atoms with van der Waals surface area (Å²) in [7, 11) is 0. The summed E-state index contributed by atoms with van der Waals surface area (Å²) < 4.78 is 0. The number of para-hydroxylation sites is 1. The fourth-order valence-corrected chi connectivity index (χ4v) is 4.21. The third-order valence-corrected chi connectivity index (χ3v) is 5.50. The molecular formula is C19H22N2O2. The summed E-state index contributed by atoms with van der Waals surface area (Å²) in [4.78, 5) is 15.0. The van der Waals surface area contributed by atoms with Crippen LogP contribution >= 0.6 is 0 Å². The van der Waals surface area contributed by atoms with E-state index in [-0.39, 0.29) is 17.8 Å². The van der Waals surface area contributed by atoms with E-state index in [0.717, 1.165) is 41.4 Å². The molecule has 23 heavy (non-hydrogen) atoms. The molecule has 0 amide bonds. The number of nitrogens with one attached hydrogen (secondary N) is 1. The van der Waals surface area contributed by atoms with Gasteiger partial charge >= 0.3 is 5.97 Å². The third-order valence-electron chi connectivity index (χ3n) is 5.50. The van der Waals surface area contributed by atoms with Gasteiger partial charge in [0.05, 0.1) is 12.5 Å². The molecule has 0 aliphatic heterocycles. The van der Waals surface area contributed by atoms with E-state index in [9.17, 15) is 15.2 Å². The zero-order chi connectivity index (χ0) is 16.6. The first-order valence-corrected chi connectivity index (χ1v) is 8.23. The molecule has 2 aromatic rings. The highest BCUT2D eigenvalue weighted by molar-refractivity contribution is 5.89. The van der Waals surface area contributed by atoms with E-state index in [4.69, 9.17) is 0 Å². The fourth-order valence-electron chi connectivity index (χ4n) is 4.21. The van der Waals surface area contributed by atoms with Gasteiger partial charge in [-0.3, -0.25) is 4.79 Å². The quantitative estimate of drug-likeness (QED) is 0.879. The van der Waals surface area contributed by atoms with Gasteiger partial charge < -0.3 is 10.1 Å². The highest BCUT2D eigenvalue weighted by Crippen LogP contribution is 2.50. The average molecular weight is 310 g/mol. The highest BCUT2D eigenvalue weighted by Gasteiger charge is 2.42. The van der Waals surface area contributed by atoms with Crippen LogP contribution in [0.2, 0.25) is 0 Å². The molecule has 2 unspecified atom stereocenters. The molecule has 1 heterocycles. The number of nitrogens with zero attached hydrogens (tertiary/aromatic N) is 1. The first-order valence-electron chi connectivity index (χ1n) is 8.23. The molecule has 1 aliphatic rings. The van der Waals surface area contributed by atoms with Crippen molar-refractivity contribution in [3.05, 3.63) is 35.0 Å². The number of nitriles is 1. The molecule has 1 aromatic heterocycles. The van der Waals surface area contributed by atoms with Gasteiger partial charge in [-0.2, -0.15) is 5.26 Å². The summed E-state index contributed by atoms with van der Waals surface area (Å²) in [6, 6.07) is 8.50. The average Bonchev–Trinajstić information content (AvgIpc) is 2.92. The van der Waals surface area contributed by atoms with E-state index < -0.39 is 5.97 Å². The molecule has 0 saturated carbocycles. The molecule has 2 atom stereocenters. The minimum absolute atomic E-state index is 0.141. The van der Waals surface area contributed by atoms with E-state index in [1.807, 2.05) is 6.07 Å². The number of carboxylic acid groups (broad SMARTS) is 1. The Kier molecular flexibility index (Phi) is 3.89. The maximum atomic E-state index is 11.5. The van der Waals surface area contributed by atoms with Crippen LogP contribution in [0.25, 0.3) is 10.9 Å². The standard InChI is InChI=1S/C19H22N2O2/c1-3-19(11-15(22)23)9-7-13(8-10-20)16-14-6-4-5-12(2)17(14)21-18(16)19/h4-6,13,21H,3,7-9,11H2,1-2H3,(H,22,23). The van der Waals surface area contributed by atoms with Crippen molar-refractivity contribution >= 4 is 16.9 Å². The molecule has 4 nitrogen and oxygen atoms in total. The van der Waals surface area contributed by atoms with Crippen LogP contribution < -0.4 is 0 Å². The molecule has 3 rings (SSSR count). The van der Waals surface area contributed by atoms with Gasteiger partial charge in [0.15, 0.2) is 0 Å². The van der Waals surface area contributed by atoms with Crippen molar-refractivity contribution in [3.8, 4) is 6.07 Å². The van der Waals surface area contributed by atoms with Crippen molar-refractivity contribution in [3.63, 3.8) is 0 Å². The number of hydrogen-bond acceptors (Lipinski definition) is 2. The zero-order valence-electron chi connectivity index (χ0n) is 13.6. The Balaban J connectivity index is 2.28. The normalized spacial score (nSPS) is 23.4. The lowest BCUT2D eigenvalue weighted by atomic mass is 9.65. The molecule has 4 heteroatoms. The van der Waals surface area contributed by atoms with Crippen molar-refractivity contribution in [1.29, 1.82) is 5.26 Å². The Morgan fingerprint density at radius 3 is 2.96 bits per heavy atom. The minimum atomic E-state index is -0.757. The molecular weight excluding hydrogens is 288 g/mol. The lowest BCUT2D eigenvalue weighted by molar-refractivity contribution is -0.138. The number of aromatic amines is 1. The number of carbonyl (C=O) groups is 1. The molecule has 0 radical (unpaired) electrons. The van der Waals surface area contributed by atoms with Gasteiger partial charge in [-0.25, -0.2) is 0 Å². The highest BCUT2D eigenvalue weighted by atomic mass is 16.4. The van der Waals surface area contributed by atoms with E-state index in [0.29, 0.717) is 6.42 Å². The number of rotatable bonds is 4. The summed E-state index contributed by atoms with van der Waals surface area (Å²) >= 11 is 0. The zero-order valence-corrected chi connectivity index (χ0v) is 13.6. The number of hydrogen-bond donors (Lipinski definition) is 2. The summed E-state index contributed by atoms with van der Waals surface area (Å²) in [6.07, 6.45) is 3.11. The van der Waals surface area contributed by atoms with Gasteiger partial charge in [0.1, 0.15) is 0 Å². The van der Waals surface area contributed by atoms with Crippen molar-refractivity contribution in [2.45, 2.75) is 57.3 Å². The molecule has 0 saturated heterocycles. The largest absolute Gasteiger partial charge is 0.481 e. The number of carboxylic acids is 1. The van der Waals surface area contributed by atoms with E-state index in [1.165, 1.54) is 5.56 Å². The van der Waals surface area contributed by atoms with Crippen molar-refractivity contribution in [2.75, 3.05) is 0 Å². The predicted molar refractivity (Wildman–Crippen MR) is 89.5 cm³/mol. The molecule has 1 aliphatic carbocycles. The van der Waals surface area contributed by atoms with E-state index in [2.05, 4.69) is 37.0 Å². The summed E-state index contributed by atoms with van der Waals surface area (Å²) in [5.41, 5.74) is 4.13. The van der Waals surface area contributed by atoms with E-state index >= 15 is 0 Å². The number of aryl methyl sites for hydroxylation is 1. The maximum Gasteiger partial charge on any atom is 0.304 e. The first kappa shape index (κ1) is 15.6. The lowest BCUT2D eigenvalue weighted by Gasteiger charge is -2.38. The van der Waals surface area contributed by atoms with Gasteiger partial charge in [-0.1, -0.05) is 25.1 Å². The number of aromatic nitrogens is 1. The van der Waals surface area contributed by atoms with Crippen LogP contribution in [-0.2, 0) is 10.2 Å². The number of benzene rings is 1. The van der Waals surface area contributed by atoms with Gasteiger partial charge in [0, 0.05) is 28.4 Å². The van der Waals surface area contributed by atoms with Crippen LogP contribution in [0.1, 0.15) is 61.8 Å². The molecule has 0 fully saturated rings. The van der Waals surface area contributed by atoms with Gasteiger partial charge in [0.25, 0.3) is 0 Å². The number of H-pyrrole nitrogens is 1. The van der Waals surface area contributed by atoms with E-state index in [1.54, 1.807) is 0 Å². The second-order valence-electron chi connectivity index (χ2n) is 6.71. The van der Waals surface area contributed by atoms with Crippen LogP contribution in [0.4, 0.5) is 0 Å². The van der Waals surface area contributed by atoms with Gasteiger partial charge in [0.2, 0.25) is 0 Å². The summed E-state index contributed by atoms with van der Waals surface area (Å²) in [5, 5.41) is 19.8. The molecule has 0 bridgehead atoms. The predicted octanol–water partition coefficient (Wildman–Crippen LogP) is 4.39. The summed E-state index contributed by atoms with van der Waals surface area (Å²) in [5.74, 6) is -0.564. The monoisotopic (exact) mass is 310 g/mol. The Morgan fingerprint density at radius 2 is 2.30 bits per heavy atom. The smallest absolute Gasteiger partial charge is 0.304 e. The minimum Gasteiger partial charge on any atom is -0.481 e.